The maximum Gasteiger partial charge on any atom is 0.159 e. The summed E-state index contributed by atoms with van der Waals surface area (Å²) in [5.41, 5.74) is 0. The molecule has 114 valence electrons. The molecular formula is C22H12F2. The number of hydrogen-bond acceptors (Lipinski definition) is 0. The smallest absolute Gasteiger partial charge is 0.159 e. The second kappa shape index (κ2) is 4.75. The number of benzene rings is 5. The number of halogens is 2. The fourth-order valence-electron chi connectivity index (χ4n) is 3.44. The van der Waals surface area contributed by atoms with Crippen molar-refractivity contribution in [1.82, 2.24) is 0 Å². The molecule has 0 atom stereocenters. The molecule has 0 nitrogen and oxygen atoms in total. The molecule has 5 aromatic carbocycles. The van der Waals surface area contributed by atoms with Gasteiger partial charge >= 0.3 is 0 Å². The van der Waals surface area contributed by atoms with Gasteiger partial charge in [-0.3, -0.25) is 0 Å². The molecule has 2 heteroatoms. The summed E-state index contributed by atoms with van der Waals surface area (Å²) in [6.45, 7) is 0. The van der Waals surface area contributed by atoms with Crippen molar-refractivity contribution in [3.63, 3.8) is 0 Å². The molecule has 0 fully saturated rings. The van der Waals surface area contributed by atoms with E-state index in [1.54, 1.807) is 0 Å². The van der Waals surface area contributed by atoms with E-state index in [-0.39, 0.29) is 0 Å². The van der Waals surface area contributed by atoms with Gasteiger partial charge in [0.05, 0.1) is 0 Å². The SMILES string of the molecule is Fc1cc2cc3cc4cc5ccccc5cc4cc3cc2cc1F. The lowest BCUT2D eigenvalue weighted by Crippen LogP contribution is -1.85. The molecular weight excluding hydrogens is 302 g/mol. The first kappa shape index (κ1) is 13.4. The third-order valence-electron chi connectivity index (χ3n) is 4.65. The number of rotatable bonds is 0. The molecule has 0 bridgehead atoms. The Bertz CT molecular complexity index is 1170. The third kappa shape index (κ3) is 1.96. The van der Waals surface area contributed by atoms with Gasteiger partial charge in [-0.15, -0.1) is 0 Å². The summed E-state index contributed by atoms with van der Waals surface area (Å²) in [4.78, 5) is 0. The van der Waals surface area contributed by atoms with E-state index in [1.807, 2.05) is 24.3 Å². The van der Waals surface area contributed by atoms with E-state index in [2.05, 4.69) is 36.4 Å². The van der Waals surface area contributed by atoms with Crippen LogP contribution in [0.1, 0.15) is 0 Å². The maximum atomic E-state index is 13.5. The molecule has 0 aliphatic rings. The van der Waals surface area contributed by atoms with Crippen LogP contribution in [0.5, 0.6) is 0 Å². The van der Waals surface area contributed by atoms with Crippen LogP contribution in [0.4, 0.5) is 8.78 Å². The molecule has 0 aliphatic carbocycles. The van der Waals surface area contributed by atoms with E-state index in [0.717, 1.165) is 21.5 Å². The van der Waals surface area contributed by atoms with Gasteiger partial charge < -0.3 is 0 Å². The van der Waals surface area contributed by atoms with Gasteiger partial charge in [0.25, 0.3) is 0 Å². The Morgan fingerprint density at radius 3 is 1.04 bits per heavy atom. The minimum atomic E-state index is -0.811. The highest BCUT2D eigenvalue weighted by atomic mass is 19.2. The average Bonchev–Trinajstić information content (AvgIpc) is 2.58. The maximum absolute atomic E-state index is 13.5. The zero-order valence-corrected chi connectivity index (χ0v) is 12.7. The lowest BCUT2D eigenvalue weighted by molar-refractivity contribution is 0.511. The molecule has 0 radical (unpaired) electrons. The van der Waals surface area contributed by atoms with Crippen molar-refractivity contribution >= 4 is 43.1 Å². The predicted molar refractivity (Wildman–Crippen MR) is 96.4 cm³/mol. The van der Waals surface area contributed by atoms with Crippen molar-refractivity contribution in [1.29, 1.82) is 0 Å². The van der Waals surface area contributed by atoms with Crippen LogP contribution in [0.25, 0.3) is 43.1 Å². The van der Waals surface area contributed by atoms with Crippen LogP contribution in [-0.4, -0.2) is 0 Å². The fourth-order valence-corrected chi connectivity index (χ4v) is 3.44. The monoisotopic (exact) mass is 314 g/mol. The van der Waals surface area contributed by atoms with Crippen LogP contribution < -0.4 is 0 Å². The highest BCUT2D eigenvalue weighted by molar-refractivity contribution is 6.08. The Labute approximate surface area is 136 Å². The minimum Gasteiger partial charge on any atom is -0.204 e. The van der Waals surface area contributed by atoms with E-state index in [0.29, 0.717) is 10.8 Å². The molecule has 0 spiro atoms. The van der Waals surface area contributed by atoms with Gasteiger partial charge in [0.1, 0.15) is 0 Å². The van der Waals surface area contributed by atoms with Crippen LogP contribution in [0, 0.1) is 11.6 Å². The van der Waals surface area contributed by atoms with Crippen LogP contribution >= 0.6 is 0 Å². The van der Waals surface area contributed by atoms with E-state index >= 15 is 0 Å². The zero-order valence-electron chi connectivity index (χ0n) is 12.7. The fraction of sp³-hybridized carbons (Fsp3) is 0. The van der Waals surface area contributed by atoms with Crippen LogP contribution in [0.15, 0.2) is 72.8 Å². The summed E-state index contributed by atoms with van der Waals surface area (Å²) in [6.07, 6.45) is 0. The molecule has 0 heterocycles. The van der Waals surface area contributed by atoms with Gasteiger partial charge in [-0.25, -0.2) is 8.78 Å². The van der Waals surface area contributed by atoms with Gasteiger partial charge in [0, 0.05) is 0 Å². The molecule has 0 saturated carbocycles. The zero-order chi connectivity index (χ0) is 16.3. The van der Waals surface area contributed by atoms with E-state index in [1.165, 1.54) is 22.9 Å². The Morgan fingerprint density at radius 1 is 0.375 bits per heavy atom. The molecule has 0 amide bonds. The van der Waals surface area contributed by atoms with Gasteiger partial charge in [0.15, 0.2) is 11.6 Å². The second-order valence-corrected chi connectivity index (χ2v) is 6.21. The molecule has 0 aliphatic heterocycles. The lowest BCUT2D eigenvalue weighted by Gasteiger charge is -2.07. The third-order valence-corrected chi connectivity index (χ3v) is 4.65. The minimum absolute atomic E-state index is 0.710. The first-order chi connectivity index (χ1) is 11.7. The highest BCUT2D eigenvalue weighted by Crippen LogP contribution is 2.30. The van der Waals surface area contributed by atoms with Crippen LogP contribution in [0.3, 0.4) is 0 Å². The van der Waals surface area contributed by atoms with E-state index < -0.39 is 11.6 Å². The molecule has 0 unspecified atom stereocenters. The van der Waals surface area contributed by atoms with Crippen LogP contribution in [0.2, 0.25) is 0 Å². The number of fused-ring (bicyclic) bond motifs is 4. The van der Waals surface area contributed by atoms with Crippen molar-refractivity contribution in [3.8, 4) is 0 Å². The normalized spacial score (nSPS) is 11.8. The van der Waals surface area contributed by atoms with Gasteiger partial charge in [-0.05, 0) is 91.6 Å². The van der Waals surface area contributed by atoms with Crippen molar-refractivity contribution in [2.24, 2.45) is 0 Å². The lowest BCUT2D eigenvalue weighted by atomic mass is 9.97. The Balaban J connectivity index is 1.89. The molecule has 0 saturated heterocycles. The summed E-state index contributed by atoms with van der Waals surface area (Å²) >= 11 is 0. The summed E-state index contributed by atoms with van der Waals surface area (Å²) in [7, 11) is 0. The second-order valence-electron chi connectivity index (χ2n) is 6.21. The molecule has 0 N–H and O–H groups in total. The summed E-state index contributed by atoms with van der Waals surface area (Å²) in [5, 5.41) is 8.14. The molecule has 5 rings (SSSR count). The van der Waals surface area contributed by atoms with Gasteiger partial charge in [-0.2, -0.15) is 0 Å². The van der Waals surface area contributed by atoms with Gasteiger partial charge in [0.2, 0.25) is 0 Å². The van der Waals surface area contributed by atoms with E-state index in [9.17, 15) is 8.78 Å². The van der Waals surface area contributed by atoms with Gasteiger partial charge in [-0.1, -0.05) is 24.3 Å². The average molecular weight is 314 g/mol. The Hall–Kier alpha value is -3.00. The van der Waals surface area contributed by atoms with Crippen molar-refractivity contribution in [3.05, 3.63) is 84.4 Å². The summed E-state index contributed by atoms with van der Waals surface area (Å²) < 4.78 is 27.0. The Morgan fingerprint density at radius 2 is 0.667 bits per heavy atom. The molecule has 0 aromatic heterocycles. The largest absolute Gasteiger partial charge is 0.204 e. The van der Waals surface area contributed by atoms with Crippen LogP contribution in [-0.2, 0) is 0 Å². The molecule has 5 aromatic rings. The standard InChI is InChI=1S/C22H12F2/c23-21-11-19-9-17-7-15-5-13-3-1-2-4-14(13)6-16(15)8-18(17)10-20(19)12-22(21)24/h1-12H. The quantitative estimate of drug-likeness (QED) is 0.283. The first-order valence-corrected chi connectivity index (χ1v) is 7.82. The van der Waals surface area contributed by atoms with Crippen molar-refractivity contribution in [2.75, 3.05) is 0 Å². The molecule has 24 heavy (non-hydrogen) atoms. The van der Waals surface area contributed by atoms with Crippen molar-refractivity contribution < 1.29 is 8.78 Å². The van der Waals surface area contributed by atoms with E-state index in [4.69, 9.17) is 0 Å². The summed E-state index contributed by atoms with van der Waals surface area (Å²) in [5.74, 6) is -1.62. The van der Waals surface area contributed by atoms with Crippen molar-refractivity contribution in [2.45, 2.75) is 0 Å². The highest BCUT2D eigenvalue weighted by Gasteiger charge is 2.07. The topological polar surface area (TPSA) is 0 Å². The Kier molecular flexibility index (Phi) is 2.66. The summed E-state index contributed by atoms with van der Waals surface area (Å²) in [6, 6.07) is 23.1. The number of hydrogen-bond donors (Lipinski definition) is 0. The predicted octanol–water partition coefficient (Wildman–Crippen LogP) is 6.58. The first-order valence-electron chi connectivity index (χ1n) is 7.82.